The van der Waals surface area contributed by atoms with Gasteiger partial charge in [-0.3, -0.25) is 0 Å². The number of aromatic amines is 1. The van der Waals surface area contributed by atoms with Crippen molar-refractivity contribution in [2.75, 3.05) is 6.61 Å². The fourth-order valence-electron chi connectivity index (χ4n) is 2.70. The Kier molecular flexibility index (Phi) is 3.63. The van der Waals surface area contributed by atoms with Gasteiger partial charge in [0.1, 0.15) is 11.4 Å². The molecule has 1 aromatic heterocycles. The monoisotopic (exact) mass is 273 g/mol. The number of rotatable bonds is 4. The third kappa shape index (κ3) is 2.64. The number of hydrogen-bond acceptors (Lipinski definition) is 3. The van der Waals surface area contributed by atoms with Crippen molar-refractivity contribution in [3.8, 4) is 5.75 Å². The lowest BCUT2D eigenvalue weighted by atomic mass is 10.2. The van der Waals surface area contributed by atoms with Crippen LogP contribution in [0.5, 0.6) is 5.75 Å². The molecule has 1 aliphatic carbocycles. The van der Waals surface area contributed by atoms with Gasteiger partial charge in [-0.2, -0.15) is 0 Å². The molecule has 20 heavy (non-hydrogen) atoms. The van der Waals surface area contributed by atoms with E-state index in [2.05, 4.69) is 4.98 Å². The van der Waals surface area contributed by atoms with E-state index in [-0.39, 0.29) is 5.97 Å². The molecular weight excluding hydrogens is 254 g/mol. The lowest BCUT2D eigenvalue weighted by Gasteiger charge is -2.12. The number of benzene rings is 1. The summed E-state index contributed by atoms with van der Waals surface area (Å²) in [5, 5.41) is 0.976. The zero-order chi connectivity index (χ0) is 13.9. The number of carbonyl (C=O) groups is 1. The molecule has 3 rings (SSSR count). The van der Waals surface area contributed by atoms with Crippen LogP contribution in [-0.2, 0) is 4.74 Å². The molecule has 4 heteroatoms. The Hall–Kier alpha value is -1.97. The Labute approximate surface area is 118 Å². The van der Waals surface area contributed by atoms with Crippen LogP contribution in [0.4, 0.5) is 0 Å². The third-order valence-electron chi connectivity index (χ3n) is 3.69. The molecule has 0 radical (unpaired) electrons. The molecule has 1 aliphatic rings. The summed E-state index contributed by atoms with van der Waals surface area (Å²) < 4.78 is 11.0. The largest absolute Gasteiger partial charge is 0.490 e. The number of fused-ring (bicyclic) bond motifs is 1. The number of H-pyrrole nitrogens is 1. The normalized spacial score (nSPS) is 15.7. The molecule has 0 saturated heterocycles. The molecule has 0 bridgehead atoms. The topological polar surface area (TPSA) is 51.3 Å². The molecule has 0 atom stereocenters. The quantitative estimate of drug-likeness (QED) is 0.865. The number of ether oxygens (including phenoxy) is 2. The summed E-state index contributed by atoms with van der Waals surface area (Å²) in [6, 6.07) is 7.69. The second-order valence-corrected chi connectivity index (χ2v) is 5.18. The maximum atomic E-state index is 11.7. The van der Waals surface area contributed by atoms with Gasteiger partial charge in [-0.15, -0.1) is 0 Å². The molecule has 1 N–H and O–H groups in total. The molecule has 1 aromatic carbocycles. The summed E-state index contributed by atoms with van der Waals surface area (Å²) in [6.45, 7) is 2.18. The molecule has 1 fully saturated rings. The predicted octanol–water partition coefficient (Wildman–Crippen LogP) is 3.67. The molecule has 106 valence electrons. The van der Waals surface area contributed by atoms with E-state index < -0.39 is 0 Å². The van der Waals surface area contributed by atoms with Crippen LogP contribution in [0, 0.1) is 0 Å². The van der Waals surface area contributed by atoms with E-state index in [1.807, 2.05) is 24.3 Å². The lowest BCUT2D eigenvalue weighted by molar-refractivity contribution is 0.0520. The fraction of sp³-hybridized carbons (Fsp3) is 0.438. The highest BCUT2D eigenvalue weighted by Crippen LogP contribution is 2.27. The number of esters is 1. The third-order valence-corrected chi connectivity index (χ3v) is 3.69. The van der Waals surface area contributed by atoms with Gasteiger partial charge in [0.25, 0.3) is 0 Å². The summed E-state index contributed by atoms with van der Waals surface area (Å²) in [5.74, 6) is 0.556. The number of aromatic nitrogens is 1. The van der Waals surface area contributed by atoms with Crippen LogP contribution in [0.2, 0.25) is 0 Å². The van der Waals surface area contributed by atoms with Gasteiger partial charge in [0.15, 0.2) is 0 Å². The van der Waals surface area contributed by atoms with E-state index in [9.17, 15) is 4.79 Å². The average Bonchev–Trinajstić information content (AvgIpc) is 3.07. The molecule has 1 saturated carbocycles. The molecule has 0 amide bonds. The summed E-state index contributed by atoms with van der Waals surface area (Å²) in [5.41, 5.74) is 1.41. The standard InChI is InChI=1S/C16H19NO3/c1-2-19-16(18)15-10-11-9-13(7-8-14(11)17-15)20-12-5-3-4-6-12/h7-10,12,17H,2-6H2,1H3. The van der Waals surface area contributed by atoms with Gasteiger partial charge < -0.3 is 14.5 Å². The minimum atomic E-state index is -0.318. The first-order valence-electron chi connectivity index (χ1n) is 7.23. The second-order valence-electron chi connectivity index (χ2n) is 5.18. The number of hydrogen-bond donors (Lipinski definition) is 1. The minimum absolute atomic E-state index is 0.318. The first-order valence-corrected chi connectivity index (χ1v) is 7.23. The molecule has 4 nitrogen and oxygen atoms in total. The number of carbonyl (C=O) groups excluding carboxylic acids is 1. The van der Waals surface area contributed by atoms with Gasteiger partial charge >= 0.3 is 5.97 Å². The van der Waals surface area contributed by atoms with E-state index in [0.717, 1.165) is 29.5 Å². The highest BCUT2D eigenvalue weighted by Gasteiger charge is 2.17. The number of nitrogens with one attached hydrogen (secondary N) is 1. The molecule has 1 heterocycles. The van der Waals surface area contributed by atoms with E-state index in [4.69, 9.17) is 9.47 Å². The SMILES string of the molecule is CCOC(=O)c1cc2cc(OC3CCCC3)ccc2[nH]1. The van der Waals surface area contributed by atoms with Crippen molar-refractivity contribution in [1.29, 1.82) is 0 Å². The van der Waals surface area contributed by atoms with E-state index in [1.165, 1.54) is 12.8 Å². The Balaban J connectivity index is 1.81. The molecule has 0 unspecified atom stereocenters. The van der Waals surface area contributed by atoms with Crippen LogP contribution in [0.3, 0.4) is 0 Å². The molecule has 0 spiro atoms. The molecule has 0 aliphatic heterocycles. The van der Waals surface area contributed by atoms with Crippen molar-refractivity contribution in [3.05, 3.63) is 30.0 Å². The maximum Gasteiger partial charge on any atom is 0.354 e. The Morgan fingerprint density at radius 3 is 2.85 bits per heavy atom. The van der Waals surface area contributed by atoms with Crippen molar-refractivity contribution < 1.29 is 14.3 Å². The average molecular weight is 273 g/mol. The first-order chi connectivity index (χ1) is 9.76. The Bertz CT molecular complexity index is 611. The first kappa shape index (κ1) is 13.0. The van der Waals surface area contributed by atoms with Gasteiger partial charge in [-0.25, -0.2) is 4.79 Å². The van der Waals surface area contributed by atoms with Crippen molar-refractivity contribution in [2.45, 2.75) is 38.7 Å². The van der Waals surface area contributed by atoms with Crippen LogP contribution in [0.15, 0.2) is 24.3 Å². The predicted molar refractivity (Wildman–Crippen MR) is 77.1 cm³/mol. The van der Waals surface area contributed by atoms with Crippen molar-refractivity contribution >= 4 is 16.9 Å². The summed E-state index contributed by atoms with van der Waals surface area (Å²) in [6.07, 6.45) is 5.13. The smallest absolute Gasteiger partial charge is 0.354 e. The van der Waals surface area contributed by atoms with Crippen LogP contribution >= 0.6 is 0 Å². The van der Waals surface area contributed by atoms with Gasteiger partial charge in [-0.05, 0) is 56.9 Å². The highest BCUT2D eigenvalue weighted by molar-refractivity contribution is 5.95. The minimum Gasteiger partial charge on any atom is -0.490 e. The summed E-state index contributed by atoms with van der Waals surface area (Å²) in [7, 11) is 0. The zero-order valence-corrected chi connectivity index (χ0v) is 11.6. The second kappa shape index (κ2) is 5.57. The van der Waals surface area contributed by atoms with Crippen LogP contribution in [0.25, 0.3) is 10.9 Å². The van der Waals surface area contributed by atoms with Crippen molar-refractivity contribution in [2.24, 2.45) is 0 Å². The van der Waals surface area contributed by atoms with Gasteiger partial charge in [0.2, 0.25) is 0 Å². The van der Waals surface area contributed by atoms with E-state index in [1.54, 1.807) is 6.92 Å². The van der Waals surface area contributed by atoms with E-state index in [0.29, 0.717) is 18.4 Å². The molecular formula is C16H19NO3. The van der Waals surface area contributed by atoms with Crippen LogP contribution in [-0.4, -0.2) is 23.7 Å². The molecule has 2 aromatic rings. The van der Waals surface area contributed by atoms with Gasteiger partial charge in [0, 0.05) is 10.9 Å². The maximum absolute atomic E-state index is 11.7. The van der Waals surface area contributed by atoms with Crippen LogP contribution < -0.4 is 4.74 Å². The van der Waals surface area contributed by atoms with Gasteiger partial charge in [0.05, 0.1) is 12.7 Å². The lowest BCUT2D eigenvalue weighted by Crippen LogP contribution is -2.10. The van der Waals surface area contributed by atoms with Crippen molar-refractivity contribution in [1.82, 2.24) is 4.98 Å². The Morgan fingerprint density at radius 2 is 2.10 bits per heavy atom. The van der Waals surface area contributed by atoms with Crippen LogP contribution in [0.1, 0.15) is 43.1 Å². The Morgan fingerprint density at radius 1 is 1.30 bits per heavy atom. The van der Waals surface area contributed by atoms with E-state index >= 15 is 0 Å². The zero-order valence-electron chi connectivity index (χ0n) is 11.6. The summed E-state index contributed by atoms with van der Waals surface area (Å²) in [4.78, 5) is 14.8. The van der Waals surface area contributed by atoms with Crippen molar-refractivity contribution in [3.63, 3.8) is 0 Å². The summed E-state index contributed by atoms with van der Waals surface area (Å²) >= 11 is 0. The fourth-order valence-corrected chi connectivity index (χ4v) is 2.70. The highest BCUT2D eigenvalue weighted by atomic mass is 16.5. The van der Waals surface area contributed by atoms with Gasteiger partial charge in [-0.1, -0.05) is 0 Å².